The van der Waals surface area contributed by atoms with Crippen LogP contribution in [0.1, 0.15) is 23.9 Å². The van der Waals surface area contributed by atoms with Crippen LogP contribution in [0.2, 0.25) is 0 Å². The smallest absolute Gasteiger partial charge is 0.299 e. The third-order valence-electron chi connectivity index (χ3n) is 4.83. The first kappa shape index (κ1) is 20.3. The highest BCUT2D eigenvalue weighted by Gasteiger charge is 2.13. The first-order chi connectivity index (χ1) is 15.0. The molecule has 0 atom stereocenters. The van der Waals surface area contributed by atoms with E-state index in [4.69, 9.17) is 0 Å². The predicted octanol–water partition coefficient (Wildman–Crippen LogP) is 2.10. The minimum Gasteiger partial charge on any atom is -0.365 e. The molecule has 9 heteroatoms. The number of carbonyl (C=O) groups excluding carboxylic acids is 1. The number of aromatic amines is 1. The largest absolute Gasteiger partial charge is 0.365 e. The molecule has 0 bridgehead atoms. The van der Waals surface area contributed by atoms with Gasteiger partial charge in [-0.15, -0.1) is 0 Å². The molecule has 0 aliphatic rings. The van der Waals surface area contributed by atoms with Gasteiger partial charge in [0.1, 0.15) is 11.5 Å². The molecule has 4 heterocycles. The lowest BCUT2D eigenvalue weighted by Crippen LogP contribution is -2.26. The number of aromatic nitrogens is 5. The highest BCUT2D eigenvalue weighted by molar-refractivity contribution is 5.79. The van der Waals surface area contributed by atoms with Crippen molar-refractivity contribution in [1.82, 2.24) is 29.8 Å². The van der Waals surface area contributed by atoms with Crippen LogP contribution in [-0.4, -0.2) is 37.0 Å². The van der Waals surface area contributed by atoms with Gasteiger partial charge in [0, 0.05) is 61.8 Å². The first-order valence-corrected chi connectivity index (χ1v) is 9.96. The van der Waals surface area contributed by atoms with Gasteiger partial charge >= 0.3 is 0 Å². The monoisotopic (exact) mass is 417 g/mol. The average molecular weight is 417 g/mol. The van der Waals surface area contributed by atoms with E-state index in [-0.39, 0.29) is 17.3 Å². The van der Waals surface area contributed by atoms with Crippen molar-refractivity contribution in [2.45, 2.75) is 26.8 Å². The van der Waals surface area contributed by atoms with Crippen molar-refractivity contribution < 1.29 is 4.79 Å². The topological polar surface area (TPSA) is 118 Å². The van der Waals surface area contributed by atoms with Crippen molar-refractivity contribution in [3.05, 3.63) is 76.2 Å². The molecule has 0 saturated carbocycles. The van der Waals surface area contributed by atoms with Crippen LogP contribution < -0.4 is 16.2 Å². The lowest BCUT2D eigenvalue weighted by molar-refractivity contribution is -0.119. The number of rotatable bonds is 7. The summed E-state index contributed by atoms with van der Waals surface area (Å²) in [5, 5.41) is 6.72. The molecule has 0 aliphatic heterocycles. The number of aryl methyl sites for hydroxylation is 1. The van der Waals surface area contributed by atoms with Crippen LogP contribution in [0.3, 0.4) is 0 Å². The highest BCUT2D eigenvalue weighted by atomic mass is 16.1. The van der Waals surface area contributed by atoms with Gasteiger partial charge in [0.25, 0.3) is 5.56 Å². The number of carbonyl (C=O) groups is 1. The van der Waals surface area contributed by atoms with Gasteiger partial charge in [-0.3, -0.25) is 19.1 Å². The predicted molar refractivity (Wildman–Crippen MR) is 118 cm³/mol. The van der Waals surface area contributed by atoms with Gasteiger partial charge in [0.05, 0.1) is 0 Å². The second-order valence-electron chi connectivity index (χ2n) is 7.23. The van der Waals surface area contributed by atoms with Crippen LogP contribution in [0.15, 0.2) is 53.7 Å². The fraction of sp³-hybridized carbons (Fsp3) is 0.227. The van der Waals surface area contributed by atoms with Crippen molar-refractivity contribution >= 4 is 22.8 Å². The Bertz CT molecular complexity index is 1280. The Balaban J connectivity index is 1.58. The number of anilines is 1. The van der Waals surface area contributed by atoms with Crippen LogP contribution in [0.25, 0.3) is 16.9 Å². The molecule has 0 radical (unpaired) electrons. The van der Waals surface area contributed by atoms with E-state index in [0.29, 0.717) is 36.7 Å². The molecule has 4 aromatic heterocycles. The van der Waals surface area contributed by atoms with Crippen molar-refractivity contribution in [3.63, 3.8) is 0 Å². The Hall–Kier alpha value is -4.01. The molecule has 3 N–H and O–H groups in total. The zero-order chi connectivity index (χ0) is 21.8. The number of nitrogens with one attached hydrogen (secondary N) is 3. The highest BCUT2D eigenvalue weighted by Crippen LogP contribution is 2.18. The maximum atomic E-state index is 13.1. The molecule has 4 aromatic rings. The summed E-state index contributed by atoms with van der Waals surface area (Å²) in [6.07, 6.45) is 5.79. The molecule has 9 nitrogen and oxygen atoms in total. The van der Waals surface area contributed by atoms with Crippen molar-refractivity contribution in [2.24, 2.45) is 0 Å². The van der Waals surface area contributed by atoms with E-state index >= 15 is 0 Å². The molecule has 0 saturated heterocycles. The lowest BCUT2D eigenvalue weighted by atomic mass is 10.2. The molecule has 4 rings (SSSR count). The lowest BCUT2D eigenvalue weighted by Gasteiger charge is -2.10. The minimum atomic E-state index is -0.244. The number of amides is 1. The van der Waals surface area contributed by atoms with Gasteiger partial charge in [-0.1, -0.05) is 6.07 Å². The Kier molecular flexibility index (Phi) is 5.74. The van der Waals surface area contributed by atoms with E-state index in [9.17, 15) is 9.59 Å². The zero-order valence-corrected chi connectivity index (χ0v) is 17.3. The summed E-state index contributed by atoms with van der Waals surface area (Å²) >= 11 is 0. The van der Waals surface area contributed by atoms with Gasteiger partial charge in [0.15, 0.2) is 5.82 Å². The average Bonchev–Trinajstić information content (AvgIpc) is 3.17. The molecule has 0 spiro atoms. The van der Waals surface area contributed by atoms with Crippen LogP contribution in [0.5, 0.6) is 0 Å². The molecular weight excluding hydrogens is 394 g/mol. The van der Waals surface area contributed by atoms with E-state index in [1.54, 1.807) is 23.2 Å². The number of nitrogens with zero attached hydrogens (tertiary/aromatic N) is 4. The molecule has 158 valence electrons. The van der Waals surface area contributed by atoms with Gasteiger partial charge in [0.2, 0.25) is 5.91 Å². The van der Waals surface area contributed by atoms with Gasteiger partial charge in [-0.05, 0) is 36.8 Å². The normalized spacial score (nSPS) is 10.9. The summed E-state index contributed by atoms with van der Waals surface area (Å²) in [6.45, 7) is 4.24. The second kappa shape index (κ2) is 8.78. The van der Waals surface area contributed by atoms with Crippen LogP contribution in [0.4, 0.5) is 5.82 Å². The Morgan fingerprint density at radius 3 is 2.81 bits per heavy atom. The fourth-order valence-corrected chi connectivity index (χ4v) is 3.30. The molecule has 31 heavy (non-hydrogen) atoms. The Morgan fingerprint density at radius 2 is 2.03 bits per heavy atom. The van der Waals surface area contributed by atoms with E-state index in [1.165, 1.54) is 6.92 Å². The van der Waals surface area contributed by atoms with Crippen LogP contribution >= 0.6 is 0 Å². The second-order valence-corrected chi connectivity index (χ2v) is 7.23. The molecule has 0 aromatic carbocycles. The number of hydrogen-bond acceptors (Lipinski definition) is 6. The summed E-state index contributed by atoms with van der Waals surface area (Å²) in [5.74, 6) is 0.785. The summed E-state index contributed by atoms with van der Waals surface area (Å²) in [4.78, 5) is 40.4. The minimum absolute atomic E-state index is 0.100. The van der Waals surface area contributed by atoms with E-state index in [1.807, 2.05) is 37.3 Å². The fourth-order valence-electron chi connectivity index (χ4n) is 3.30. The quantitative estimate of drug-likeness (QED) is 0.424. The summed E-state index contributed by atoms with van der Waals surface area (Å²) in [7, 11) is 0. The van der Waals surface area contributed by atoms with Gasteiger partial charge in [-0.25, -0.2) is 9.97 Å². The summed E-state index contributed by atoms with van der Waals surface area (Å²) in [5.41, 5.74) is 2.94. The van der Waals surface area contributed by atoms with Gasteiger partial charge in [-0.2, -0.15) is 0 Å². The SMILES string of the molecule is CC(=O)NCc1cnc2[nH]c(-n3c(C)cnc(NCCc4ccccn4)c3=O)cc2c1. The molecule has 0 fully saturated rings. The molecular formula is C22H23N7O2. The zero-order valence-electron chi connectivity index (χ0n) is 17.3. The molecule has 1 amide bonds. The number of hydrogen-bond donors (Lipinski definition) is 3. The standard InChI is InChI=1S/C22H23N7O2/c1-14-11-26-21(24-8-6-18-5-3-4-7-23-18)22(31)29(14)19-10-17-9-16(12-25-15(2)30)13-27-20(17)28-19/h3-5,7,9-11,13H,6,8,12H2,1-2H3,(H,24,26)(H,25,30)(H,27,28). The molecule has 0 aliphatic carbocycles. The number of fused-ring (bicyclic) bond motifs is 1. The first-order valence-electron chi connectivity index (χ1n) is 9.96. The van der Waals surface area contributed by atoms with Crippen molar-refractivity contribution in [1.29, 1.82) is 0 Å². The van der Waals surface area contributed by atoms with E-state index in [2.05, 4.69) is 30.6 Å². The maximum absolute atomic E-state index is 13.1. The van der Waals surface area contributed by atoms with Gasteiger partial charge < -0.3 is 15.6 Å². The van der Waals surface area contributed by atoms with E-state index in [0.717, 1.165) is 16.6 Å². The van der Waals surface area contributed by atoms with Crippen molar-refractivity contribution in [2.75, 3.05) is 11.9 Å². The number of H-pyrrole nitrogens is 1. The van der Waals surface area contributed by atoms with E-state index < -0.39 is 0 Å². The maximum Gasteiger partial charge on any atom is 0.299 e. The number of pyridine rings is 2. The molecule has 0 unspecified atom stereocenters. The Morgan fingerprint density at radius 1 is 1.16 bits per heavy atom. The van der Waals surface area contributed by atoms with Crippen molar-refractivity contribution in [3.8, 4) is 5.82 Å². The van der Waals surface area contributed by atoms with Crippen LogP contribution in [0, 0.1) is 6.92 Å². The van der Waals surface area contributed by atoms with Crippen LogP contribution in [-0.2, 0) is 17.8 Å². The summed E-state index contributed by atoms with van der Waals surface area (Å²) < 4.78 is 1.57. The Labute approximate surface area is 178 Å². The third-order valence-corrected chi connectivity index (χ3v) is 4.83. The summed E-state index contributed by atoms with van der Waals surface area (Å²) in [6, 6.07) is 9.55. The third kappa shape index (κ3) is 4.61.